The lowest BCUT2D eigenvalue weighted by atomic mass is 10.4. The zero-order valence-electron chi connectivity index (χ0n) is 6.33. The fraction of sp³-hybridized carbons (Fsp3) is 0. The maximum absolute atomic E-state index is 13.1. The van der Waals surface area contributed by atoms with Gasteiger partial charge in [-0.05, 0) is 11.6 Å². The van der Waals surface area contributed by atoms with E-state index in [-0.39, 0.29) is 11.0 Å². The molecule has 0 aliphatic carbocycles. The van der Waals surface area contributed by atoms with Crippen LogP contribution < -0.4 is 0 Å². The van der Waals surface area contributed by atoms with E-state index in [1.54, 1.807) is 6.20 Å². The lowest BCUT2D eigenvalue weighted by Gasteiger charge is -1.97. The molecule has 2 rings (SSSR count). The molecule has 0 fully saturated rings. The molecule has 66 valence electrons. The molecule has 0 spiro atoms. The van der Waals surface area contributed by atoms with Crippen LogP contribution in [-0.4, -0.2) is 19.9 Å². The molecular weight excluding hydrogens is 195 g/mol. The Morgan fingerprint density at radius 1 is 1.38 bits per heavy atom. The van der Waals surface area contributed by atoms with Gasteiger partial charge in [0.15, 0.2) is 11.6 Å². The van der Waals surface area contributed by atoms with Gasteiger partial charge >= 0.3 is 0 Å². The summed E-state index contributed by atoms with van der Waals surface area (Å²) in [5.41, 5.74) is 0.0741. The van der Waals surface area contributed by atoms with Gasteiger partial charge in [-0.1, -0.05) is 0 Å². The van der Waals surface area contributed by atoms with Crippen LogP contribution in [0.2, 0.25) is 5.28 Å². The summed E-state index contributed by atoms with van der Waals surface area (Å²) in [6.45, 7) is 0. The first-order chi connectivity index (χ1) is 6.27. The van der Waals surface area contributed by atoms with Crippen molar-refractivity contribution in [3.05, 3.63) is 29.7 Å². The molecular formula is C7H4ClFN4. The number of halogens is 2. The van der Waals surface area contributed by atoms with E-state index in [2.05, 4.69) is 19.9 Å². The van der Waals surface area contributed by atoms with E-state index < -0.39 is 5.82 Å². The molecule has 0 aliphatic heterocycles. The van der Waals surface area contributed by atoms with Crippen molar-refractivity contribution in [2.24, 2.45) is 0 Å². The van der Waals surface area contributed by atoms with Crippen molar-refractivity contribution >= 4 is 11.6 Å². The van der Waals surface area contributed by atoms with Crippen LogP contribution in [0.15, 0.2) is 18.6 Å². The average Bonchev–Trinajstić information content (AvgIpc) is 2.61. The van der Waals surface area contributed by atoms with E-state index in [1.165, 1.54) is 6.20 Å². The number of hydrogen-bond donors (Lipinski definition) is 1. The second-order valence-corrected chi connectivity index (χ2v) is 2.61. The number of aromatic nitrogens is 4. The van der Waals surface area contributed by atoms with Gasteiger partial charge in [0.2, 0.25) is 5.28 Å². The van der Waals surface area contributed by atoms with Crippen LogP contribution >= 0.6 is 11.6 Å². The first-order valence-corrected chi connectivity index (χ1v) is 3.83. The lowest BCUT2D eigenvalue weighted by molar-refractivity contribution is 0.616. The molecule has 0 radical (unpaired) electrons. The highest BCUT2D eigenvalue weighted by molar-refractivity contribution is 6.28. The molecule has 0 unspecified atom stereocenters. The summed E-state index contributed by atoms with van der Waals surface area (Å²) in [6.07, 6.45) is 4.09. The second-order valence-electron chi connectivity index (χ2n) is 2.27. The highest BCUT2D eigenvalue weighted by Gasteiger charge is 2.09. The van der Waals surface area contributed by atoms with Gasteiger partial charge in [0.05, 0.1) is 6.20 Å². The minimum Gasteiger partial charge on any atom is -0.343 e. The third-order valence-corrected chi connectivity index (χ3v) is 1.62. The highest BCUT2D eigenvalue weighted by Crippen LogP contribution is 2.16. The quantitative estimate of drug-likeness (QED) is 0.709. The van der Waals surface area contributed by atoms with E-state index >= 15 is 0 Å². The third-order valence-electron chi connectivity index (χ3n) is 1.44. The maximum Gasteiger partial charge on any atom is 0.223 e. The largest absolute Gasteiger partial charge is 0.343 e. The van der Waals surface area contributed by atoms with Crippen LogP contribution in [0.25, 0.3) is 11.5 Å². The Balaban J connectivity index is 2.57. The summed E-state index contributed by atoms with van der Waals surface area (Å²) in [4.78, 5) is 13.8. The smallest absolute Gasteiger partial charge is 0.223 e. The number of hydrogen-bond acceptors (Lipinski definition) is 3. The molecule has 0 atom stereocenters. The van der Waals surface area contributed by atoms with E-state index in [0.29, 0.717) is 5.82 Å². The number of rotatable bonds is 1. The van der Waals surface area contributed by atoms with Gasteiger partial charge in [-0.2, -0.15) is 0 Å². The van der Waals surface area contributed by atoms with E-state index in [1.807, 2.05) is 0 Å². The van der Waals surface area contributed by atoms with Gasteiger partial charge in [0.1, 0.15) is 5.69 Å². The second kappa shape index (κ2) is 3.10. The normalized spacial score (nSPS) is 10.3. The molecule has 0 saturated carbocycles. The number of aromatic amines is 1. The van der Waals surface area contributed by atoms with Crippen LogP contribution in [0, 0.1) is 5.82 Å². The van der Waals surface area contributed by atoms with E-state index in [0.717, 1.165) is 6.20 Å². The SMILES string of the molecule is Fc1cnc(Cl)nc1-c1ncc[nH]1. The van der Waals surface area contributed by atoms with E-state index in [4.69, 9.17) is 11.6 Å². The third kappa shape index (κ3) is 1.50. The fourth-order valence-electron chi connectivity index (χ4n) is 0.906. The number of nitrogens with zero attached hydrogens (tertiary/aromatic N) is 3. The Labute approximate surface area is 77.8 Å². The molecule has 0 aliphatic rings. The van der Waals surface area contributed by atoms with Gasteiger partial charge in [-0.15, -0.1) is 0 Å². The molecule has 13 heavy (non-hydrogen) atoms. The molecule has 2 aromatic rings. The zero-order chi connectivity index (χ0) is 9.26. The average molecular weight is 199 g/mol. The molecule has 1 N–H and O–H groups in total. The molecule has 0 saturated heterocycles. The van der Waals surface area contributed by atoms with E-state index in [9.17, 15) is 4.39 Å². The van der Waals surface area contributed by atoms with Gasteiger partial charge in [0, 0.05) is 12.4 Å². The fourth-order valence-corrected chi connectivity index (χ4v) is 1.04. The van der Waals surface area contributed by atoms with Crippen LogP contribution in [0.3, 0.4) is 0 Å². The summed E-state index contributed by atoms with van der Waals surface area (Å²) >= 11 is 5.50. The van der Waals surface area contributed by atoms with Gasteiger partial charge in [0.25, 0.3) is 0 Å². The summed E-state index contributed by atoms with van der Waals surface area (Å²) in [5.74, 6) is -0.221. The minimum atomic E-state index is -0.556. The van der Waals surface area contributed by atoms with Crippen molar-refractivity contribution in [2.75, 3.05) is 0 Å². The first-order valence-electron chi connectivity index (χ1n) is 3.45. The minimum absolute atomic E-state index is 0.00667. The monoisotopic (exact) mass is 198 g/mol. The molecule has 0 amide bonds. The predicted molar refractivity (Wildman–Crippen MR) is 44.6 cm³/mol. The van der Waals surface area contributed by atoms with Gasteiger partial charge in [-0.3, -0.25) is 0 Å². The Morgan fingerprint density at radius 2 is 2.23 bits per heavy atom. The number of imidazole rings is 1. The Hall–Kier alpha value is -1.49. The van der Waals surface area contributed by atoms with Crippen molar-refractivity contribution in [3.8, 4) is 11.5 Å². The Kier molecular flexibility index (Phi) is 1.94. The van der Waals surface area contributed by atoms with Crippen LogP contribution in [-0.2, 0) is 0 Å². The maximum atomic E-state index is 13.1. The Morgan fingerprint density at radius 3 is 2.92 bits per heavy atom. The number of H-pyrrole nitrogens is 1. The molecule has 2 aromatic heterocycles. The standard InChI is InChI=1S/C7H4ClFN4/c8-7-12-3-4(9)5(13-7)6-10-1-2-11-6/h1-3H,(H,10,11). The van der Waals surface area contributed by atoms with Crippen molar-refractivity contribution in [1.29, 1.82) is 0 Å². The summed E-state index contributed by atoms with van der Waals surface area (Å²) in [7, 11) is 0. The molecule has 4 nitrogen and oxygen atoms in total. The molecule has 0 aromatic carbocycles. The molecule has 6 heteroatoms. The van der Waals surface area contributed by atoms with Gasteiger partial charge in [-0.25, -0.2) is 19.3 Å². The predicted octanol–water partition coefficient (Wildman–Crippen LogP) is 1.66. The van der Waals surface area contributed by atoms with Crippen LogP contribution in [0.4, 0.5) is 4.39 Å². The van der Waals surface area contributed by atoms with Crippen molar-refractivity contribution in [3.63, 3.8) is 0 Å². The van der Waals surface area contributed by atoms with Gasteiger partial charge < -0.3 is 4.98 Å². The topological polar surface area (TPSA) is 54.5 Å². The lowest BCUT2D eigenvalue weighted by Crippen LogP contribution is -1.93. The summed E-state index contributed by atoms with van der Waals surface area (Å²) in [6, 6.07) is 0. The van der Waals surface area contributed by atoms with Crippen LogP contribution in [0.5, 0.6) is 0 Å². The number of nitrogens with one attached hydrogen (secondary N) is 1. The summed E-state index contributed by atoms with van der Waals surface area (Å²) < 4.78 is 13.1. The molecule has 0 bridgehead atoms. The zero-order valence-corrected chi connectivity index (χ0v) is 7.09. The van der Waals surface area contributed by atoms with Crippen molar-refractivity contribution < 1.29 is 4.39 Å². The Bertz CT molecular complexity index is 414. The van der Waals surface area contributed by atoms with Crippen molar-refractivity contribution in [1.82, 2.24) is 19.9 Å². The summed E-state index contributed by atoms with van der Waals surface area (Å²) in [5, 5.41) is -0.00667. The van der Waals surface area contributed by atoms with Crippen LogP contribution in [0.1, 0.15) is 0 Å². The first kappa shape index (κ1) is 8.12. The highest BCUT2D eigenvalue weighted by atomic mass is 35.5. The molecule has 2 heterocycles. The van der Waals surface area contributed by atoms with Crippen molar-refractivity contribution in [2.45, 2.75) is 0 Å².